The van der Waals surface area contributed by atoms with Crippen LogP contribution in [-0.4, -0.2) is 43.9 Å². The molecule has 118 valence electrons. The number of pyridine rings is 1. The minimum Gasteiger partial charge on any atom is -0.357 e. The van der Waals surface area contributed by atoms with Crippen LogP contribution in [0, 0.1) is 0 Å². The summed E-state index contributed by atoms with van der Waals surface area (Å²) in [6, 6.07) is 3.76. The predicted octanol–water partition coefficient (Wildman–Crippen LogP) is 1.36. The molecule has 1 aromatic rings. The number of hydrogen-bond acceptors (Lipinski definition) is 4. The maximum atomic E-state index is 12.2. The summed E-state index contributed by atoms with van der Waals surface area (Å²) in [6.07, 6.45) is 3.63. The lowest BCUT2D eigenvalue weighted by Crippen LogP contribution is -2.38. The lowest BCUT2D eigenvalue weighted by atomic mass is 10.2. The van der Waals surface area contributed by atoms with Gasteiger partial charge in [0.15, 0.2) is 0 Å². The van der Waals surface area contributed by atoms with Crippen molar-refractivity contribution < 1.29 is 8.42 Å². The molecule has 21 heavy (non-hydrogen) atoms. The third-order valence-corrected chi connectivity index (χ3v) is 5.33. The predicted molar refractivity (Wildman–Crippen MR) is 84.4 cm³/mol. The van der Waals surface area contributed by atoms with Crippen molar-refractivity contribution in [2.75, 3.05) is 31.1 Å². The van der Waals surface area contributed by atoms with Gasteiger partial charge in [0.05, 0.1) is 0 Å². The molecule has 1 saturated heterocycles. The molecule has 0 aromatic carbocycles. The van der Waals surface area contributed by atoms with Crippen LogP contribution in [0.4, 0.5) is 5.82 Å². The second kappa shape index (κ2) is 7.20. The summed E-state index contributed by atoms with van der Waals surface area (Å²) in [4.78, 5) is 6.52. The van der Waals surface area contributed by atoms with E-state index >= 15 is 0 Å². The fraction of sp³-hybridized carbons (Fsp3) is 0.643. The van der Waals surface area contributed by atoms with Crippen molar-refractivity contribution in [2.24, 2.45) is 0 Å². The van der Waals surface area contributed by atoms with Gasteiger partial charge in [-0.3, -0.25) is 0 Å². The Bertz CT molecular complexity index is 552. The van der Waals surface area contributed by atoms with Crippen LogP contribution >= 0.6 is 0 Å². The molecule has 0 spiro atoms. The average Bonchev–Trinajstić information content (AvgIpc) is 3.03. The molecule has 1 aliphatic rings. The second-order valence-electron chi connectivity index (χ2n) is 5.09. The van der Waals surface area contributed by atoms with Gasteiger partial charge in [-0.25, -0.2) is 4.98 Å². The molecule has 2 rings (SSSR count). The first kappa shape index (κ1) is 16.2. The lowest BCUT2D eigenvalue weighted by molar-refractivity contribution is 0.464. The van der Waals surface area contributed by atoms with Gasteiger partial charge < -0.3 is 4.90 Å². The van der Waals surface area contributed by atoms with Crippen LogP contribution in [0.25, 0.3) is 0 Å². The summed E-state index contributed by atoms with van der Waals surface area (Å²) in [5, 5.41) is 0. The highest BCUT2D eigenvalue weighted by molar-refractivity contribution is 7.87. The molecule has 0 bridgehead atoms. The Labute approximate surface area is 127 Å². The normalized spacial score (nSPS) is 16.3. The van der Waals surface area contributed by atoms with E-state index in [4.69, 9.17) is 0 Å². The fourth-order valence-corrected chi connectivity index (χ4v) is 3.82. The monoisotopic (exact) mass is 312 g/mol. The van der Waals surface area contributed by atoms with Crippen LogP contribution in [0.5, 0.6) is 0 Å². The van der Waals surface area contributed by atoms with Crippen molar-refractivity contribution in [3.05, 3.63) is 23.9 Å². The molecule has 0 saturated carbocycles. The highest BCUT2D eigenvalue weighted by Crippen LogP contribution is 2.18. The van der Waals surface area contributed by atoms with E-state index in [1.165, 1.54) is 4.31 Å². The average molecular weight is 312 g/mol. The Morgan fingerprint density at radius 2 is 1.95 bits per heavy atom. The van der Waals surface area contributed by atoms with Gasteiger partial charge in [-0.1, -0.05) is 6.07 Å². The topological polar surface area (TPSA) is 65.5 Å². The molecule has 6 nitrogen and oxygen atoms in total. The molecule has 0 atom stereocenters. The summed E-state index contributed by atoms with van der Waals surface area (Å²) in [6.45, 7) is 7.33. The van der Waals surface area contributed by atoms with Crippen LogP contribution in [-0.2, 0) is 16.8 Å². The largest absolute Gasteiger partial charge is 0.357 e. The number of aromatic nitrogens is 1. The van der Waals surface area contributed by atoms with Gasteiger partial charge in [0, 0.05) is 44.5 Å². The molecule has 0 unspecified atom stereocenters. The molecule has 0 aliphatic carbocycles. The van der Waals surface area contributed by atoms with Crippen molar-refractivity contribution in [3.63, 3.8) is 0 Å². The van der Waals surface area contributed by atoms with E-state index in [0.29, 0.717) is 13.1 Å². The van der Waals surface area contributed by atoms with E-state index in [1.807, 2.05) is 12.1 Å². The minimum absolute atomic E-state index is 0.276. The van der Waals surface area contributed by atoms with Gasteiger partial charge in [-0.15, -0.1) is 0 Å². The van der Waals surface area contributed by atoms with E-state index in [0.717, 1.165) is 37.3 Å². The Hall–Kier alpha value is -1.18. The number of nitrogens with zero attached hydrogens (tertiary/aromatic N) is 3. The Kier molecular flexibility index (Phi) is 5.55. The first-order chi connectivity index (χ1) is 10.1. The summed E-state index contributed by atoms with van der Waals surface area (Å²) in [5.74, 6) is 0.853. The Morgan fingerprint density at radius 1 is 1.29 bits per heavy atom. The molecule has 1 fully saturated rings. The van der Waals surface area contributed by atoms with Crippen molar-refractivity contribution in [1.29, 1.82) is 0 Å². The van der Waals surface area contributed by atoms with E-state index in [1.54, 1.807) is 6.20 Å². The lowest BCUT2D eigenvalue weighted by Gasteiger charge is -2.23. The molecular weight excluding hydrogens is 288 g/mol. The van der Waals surface area contributed by atoms with Crippen molar-refractivity contribution >= 4 is 16.0 Å². The van der Waals surface area contributed by atoms with Gasteiger partial charge in [0.1, 0.15) is 5.82 Å². The summed E-state index contributed by atoms with van der Waals surface area (Å²) >= 11 is 0. The smallest absolute Gasteiger partial charge is 0.279 e. The van der Waals surface area contributed by atoms with Crippen molar-refractivity contribution in [2.45, 2.75) is 33.2 Å². The van der Waals surface area contributed by atoms with Gasteiger partial charge in [-0.2, -0.15) is 17.4 Å². The van der Waals surface area contributed by atoms with Crippen LogP contribution in [0.3, 0.4) is 0 Å². The van der Waals surface area contributed by atoms with Gasteiger partial charge in [0.25, 0.3) is 10.2 Å². The molecule has 1 aliphatic heterocycles. The fourth-order valence-electron chi connectivity index (χ4n) is 2.56. The molecule has 0 amide bonds. The van der Waals surface area contributed by atoms with Crippen LogP contribution in [0.2, 0.25) is 0 Å². The van der Waals surface area contributed by atoms with Crippen LogP contribution < -0.4 is 9.62 Å². The van der Waals surface area contributed by atoms with Gasteiger partial charge in [-0.05, 0) is 32.8 Å². The van der Waals surface area contributed by atoms with Gasteiger partial charge in [0.2, 0.25) is 0 Å². The van der Waals surface area contributed by atoms with Crippen molar-refractivity contribution in [1.82, 2.24) is 14.0 Å². The zero-order valence-corrected chi connectivity index (χ0v) is 13.6. The summed E-state index contributed by atoms with van der Waals surface area (Å²) in [5.41, 5.74) is 0.906. The molecule has 0 radical (unpaired) electrons. The molecule has 1 aromatic heterocycles. The number of rotatable bonds is 7. The summed E-state index contributed by atoms with van der Waals surface area (Å²) in [7, 11) is -3.38. The molecular formula is C14H24N4O2S. The van der Waals surface area contributed by atoms with Crippen molar-refractivity contribution in [3.8, 4) is 0 Å². The first-order valence-electron chi connectivity index (χ1n) is 7.52. The minimum atomic E-state index is -3.38. The quantitative estimate of drug-likeness (QED) is 0.825. The SMILES string of the molecule is CCN(CC)c1ncccc1CNS(=O)(=O)N1CCCC1. The van der Waals surface area contributed by atoms with E-state index < -0.39 is 10.2 Å². The van der Waals surface area contributed by atoms with Gasteiger partial charge >= 0.3 is 0 Å². The zero-order chi connectivity index (χ0) is 15.3. The maximum Gasteiger partial charge on any atom is 0.279 e. The molecule has 7 heteroatoms. The Morgan fingerprint density at radius 3 is 2.57 bits per heavy atom. The molecule has 2 heterocycles. The second-order valence-corrected chi connectivity index (χ2v) is 6.85. The zero-order valence-electron chi connectivity index (χ0n) is 12.7. The number of anilines is 1. The highest BCUT2D eigenvalue weighted by atomic mass is 32.2. The maximum absolute atomic E-state index is 12.2. The number of nitrogens with one attached hydrogen (secondary N) is 1. The summed E-state index contributed by atoms with van der Waals surface area (Å²) < 4.78 is 28.6. The number of hydrogen-bond donors (Lipinski definition) is 1. The third kappa shape index (κ3) is 3.93. The standard InChI is InChI=1S/C14H24N4O2S/c1-3-17(4-2)14-13(8-7-9-15-14)12-16-21(19,20)18-10-5-6-11-18/h7-9,16H,3-6,10-12H2,1-2H3. The van der Waals surface area contributed by atoms with E-state index in [-0.39, 0.29) is 6.54 Å². The molecule has 1 N–H and O–H groups in total. The van der Waals surface area contributed by atoms with E-state index in [2.05, 4.69) is 28.5 Å². The van der Waals surface area contributed by atoms with Crippen LogP contribution in [0.15, 0.2) is 18.3 Å². The third-order valence-electron chi connectivity index (χ3n) is 3.78. The highest BCUT2D eigenvalue weighted by Gasteiger charge is 2.25. The Balaban J connectivity index is 2.09. The van der Waals surface area contributed by atoms with E-state index in [9.17, 15) is 8.42 Å². The van der Waals surface area contributed by atoms with Crippen LogP contribution in [0.1, 0.15) is 32.3 Å². The first-order valence-corrected chi connectivity index (χ1v) is 8.96.